The molecular weight excluding hydrogens is 235 g/mol. The minimum Gasteiger partial charge on any atom is -0.319 e. The summed E-state index contributed by atoms with van der Waals surface area (Å²) in [4.78, 5) is 13.9. The van der Waals surface area contributed by atoms with E-state index in [4.69, 9.17) is 28.5 Å². The van der Waals surface area contributed by atoms with Gasteiger partial charge in [0.1, 0.15) is 11.6 Å². The molecule has 2 rings (SSSR count). The lowest BCUT2D eigenvalue weighted by Gasteiger charge is -2.02. The molecule has 0 bridgehead atoms. The van der Waals surface area contributed by atoms with Gasteiger partial charge in [0.2, 0.25) is 0 Å². The standard InChI is InChI=1S/C10H4Cl2N2O/c11-7-2-1-5-3-6(4-13)10(15)14-9(5)8(7)12/h1-3H,(H,14,15). The Morgan fingerprint density at radius 1 is 1.33 bits per heavy atom. The molecule has 1 aromatic heterocycles. The second-order valence-electron chi connectivity index (χ2n) is 2.95. The van der Waals surface area contributed by atoms with Gasteiger partial charge < -0.3 is 4.98 Å². The first-order chi connectivity index (χ1) is 7.13. The highest BCUT2D eigenvalue weighted by molar-refractivity contribution is 6.44. The Morgan fingerprint density at radius 2 is 2.07 bits per heavy atom. The zero-order chi connectivity index (χ0) is 11.0. The first kappa shape index (κ1) is 10.0. The van der Waals surface area contributed by atoms with Crippen LogP contribution in [0.1, 0.15) is 5.56 Å². The third-order valence-electron chi connectivity index (χ3n) is 2.03. The number of fused-ring (bicyclic) bond motifs is 1. The molecule has 74 valence electrons. The van der Waals surface area contributed by atoms with E-state index in [2.05, 4.69) is 4.98 Å². The van der Waals surface area contributed by atoms with Crippen molar-refractivity contribution < 1.29 is 0 Å². The predicted molar refractivity (Wildman–Crippen MR) is 59.3 cm³/mol. The molecule has 0 radical (unpaired) electrons. The summed E-state index contributed by atoms with van der Waals surface area (Å²) in [6, 6.07) is 6.60. The average Bonchev–Trinajstić information content (AvgIpc) is 2.24. The summed E-state index contributed by atoms with van der Waals surface area (Å²) >= 11 is 11.7. The number of pyridine rings is 1. The van der Waals surface area contributed by atoms with Crippen molar-refractivity contribution in [1.82, 2.24) is 4.98 Å². The molecule has 0 aliphatic heterocycles. The number of nitrogens with one attached hydrogen (secondary N) is 1. The molecule has 2 aromatic rings. The van der Waals surface area contributed by atoms with Gasteiger partial charge in [0.05, 0.1) is 15.6 Å². The Balaban J connectivity index is 2.95. The quantitative estimate of drug-likeness (QED) is 0.768. The van der Waals surface area contributed by atoms with Crippen LogP contribution < -0.4 is 5.56 Å². The van der Waals surface area contributed by atoms with E-state index in [1.807, 2.05) is 0 Å². The minimum absolute atomic E-state index is 0.0564. The number of H-pyrrole nitrogens is 1. The fourth-order valence-electron chi connectivity index (χ4n) is 1.30. The highest BCUT2D eigenvalue weighted by atomic mass is 35.5. The van der Waals surface area contributed by atoms with Crippen LogP contribution in [0.3, 0.4) is 0 Å². The number of nitriles is 1. The van der Waals surface area contributed by atoms with Crippen molar-refractivity contribution in [2.45, 2.75) is 0 Å². The Labute approximate surface area is 94.9 Å². The SMILES string of the molecule is N#Cc1cc2ccc(Cl)c(Cl)c2[nH]c1=O. The van der Waals surface area contributed by atoms with E-state index >= 15 is 0 Å². The summed E-state index contributed by atoms with van der Waals surface area (Å²) in [7, 11) is 0. The molecule has 1 heterocycles. The fourth-order valence-corrected chi connectivity index (χ4v) is 1.67. The second kappa shape index (κ2) is 3.58. The average molecular weight is 239 g/mol. The van der Waals surface area contributed by atoms with Crippen LogP contribution in [0.4, 0.5) is 0 Å². The molecule has 0 unspecified atom stereocenters. The number of hydrogen-bond acceptors (Lipinski definition) is 2. The number of halogens is 2. The molecule has 0 aliphatic carbocycles. The Hall–Kier alpha value is -1.50. The van der Waals surface area contributed by atoms with Crippen molar-refractivity contribution in [3.63, 3.8) is 0 Å². The molecule has 15 heavy (non-hydrogen) atoms. The van der Waals surface area contributed by atoms with Gasteiger partial charge in [-0.15, -0.1) is 0 Å². The summed E-state index contributed by atoms with van der Waals surface area (Å²) < 4.78 is 0. The van der Waals surface area contributed by atoms with Crippen molar-refractivity contribution in [2.24, 2.45) is 0 Å². The van der Waals surface area contributed by atoms with Crippen molar-refractivity contribution >= 4 is 34.1 Å². The maximum Gasteiger partial charge on any atom is 0.266 e. The first-order valence-corrected chi connectivity index (χ1v) is 4.80. The van der Waals surface area contributed by atoms with Crippen LogP contribution in [-0.4, -0.2) is 4.98 Å². The molecule has 5 heteroatoms. The van der Waals surface area contributed by atoms with Crippen molar-refractivity contribution in [3.05, 3.63) is 44.2 Å². The number of nitrogens with zero attached hydrogens (tertiary/aromatic N) is 1. The maximum atomic E-state index is 11.3. The zero-order valence-electron chi connectivity index (χ0n) is 7.34. The number of aromatic nitrogens is 1. The Kier molecular flexibility index (Phi) is 2.39. The summed E-state index contributed by atoms with van der Waals surface area (Å²) in [5.74, 6) is 0. The van der Waals surface area contributed by atoms with Crippen LogP contribution in [0.15, 0.2) is 23.0 Å². The number of rotatable bonds is 0. The van der Waals surface area contributed by atoms with Crippen molar-refractivity contribution in [3.8, 4) is 6.07 Å². The molecule has 0 saturated carbocycles. The topological polar surface area (TPSA) is 56.6 Å². The largest absolute Gasteiger partial charge is 0.319 e. The monoisotopic (exact) mass is 238 g/mol. The van der Waals surface area contributed by atoms with Gasteiger partial charge in [0, 0.05) is 5.39 Å². The van der Waals surface area contributed by atoms with E-state index in [-0.39, 0.29) is 10.6 Å². The van der Waals surface area contributed by atoms with Crippen LogP contribution in [0.5, 0.6) is 0 Å². The van der Waals surface area contributed by atoms with Crippen molar-refractivity contribution in [1.29, 1.82) is 5.26 Å². The molecule has 0 saturated heterocycles. The van der Waals surface area contributed by atoms with Crippen LogP contribution in [0.2, 0.25) is 10.0 Å². The van der Waals surface area contributed by atoms with Gasteiger partial charge in [-0.25, -0.2) is 0 Å². The van der Waals surface area contributed by atoms with Crippen LogP contribution in [0, 0.1) is 11.3 Å². The number of hydrogen-bond donors (Lipinski definition) is 1. The van der Waals surface area contributed by atoms with Gasteiger partial charge in [-0.2, -0.15) is 5.26 Å². The van der Waals surface area contributed by atoms with Gasteiger partial charge in [-0.3, -0.25) is 4.79 Å². The molecule has 0 aliphatic rings. The molecule has 0 spiro atoms. The van der Waals surface area contributed by atoms with Gasteiger partial charge in [-0.1, -0.05) is 29.3 Å². The van der Waals surface area contributed by atoms with Crippen LogP contribution >= 0.6 is 23.2 Å². The zero-order valence-corrected chi connectivity index (χ0v) is 8.86. The summed E-state index contributed by atoms with van der Waals surface area (Å²) in [6.45, 7) is 0. The third-order valence-corrected chi connectivity index (χ3v) is 2.83. The fraction of sp³-hybridized carbons (Fsp3) is 0. The lowest BCUT2D eigenvalue weighted by molar-refractivity contribution is 1.27. The molecule has 0 atom stereocenters. The molecule has 1 aromatic carbocycles. The van der Waals surface area contributed by atoms with E-state index in [1.165, 1.54) is 6.07 Å². The number of benzene rings is 1. The highest BCUT2D eigenvalue weighted by Crippen LogP contribution is 2.28. The highest BCUT2D eigenvalue weighted by Gasteiger charge is 2.07. The lowest BCUT2D eigenvalue weighted by Crippen LogP contribution is -2.09. The summed E-state index contributed by atoms with van der Waals surface area (Å²) in [6.07, 6.45) is 0. The smallest absolute Gasteiger partial charge is 0.266 e. The first-order valence-electron chi connectivity index (χ1n) is 4.04. The molecule has 0 amide bonds. The lowest BCUT2D eigenvalue weighted by atomic mass is 10.2. The van der Waals surface area contributed by atoms with Gasteiger partial charge in [0.15, 0.2) is 0 Å². The second-order valence-corrected chi connectivity index (χ2v) is 3.73. The van der Waals surface area contributed by atoms with E-state index in [1.54, 1.807) is 18.2 Å². The van der Waals surface area contributed by atoms with Gasteiger partial charge in [-0.05, 0) is 12.1 Å². The molecular formula is C10H4Cl2N2O. The van der Waals surface area contributed by atoms with Gasteiger partial charge >= 0.3 is 0 Å². The summed E-state index contributed by atoms with van der Waals surface area (Å²) in [5, 5.41) is 10.0. The summed E-state index contributed by atoms with van der Waals surface area (Å²) in [5.41, 5.74) is 0.0447. The minimum atomic E-state index is -0.464. The van der Waals surface area contributed by atoms with Crippen LogP contribution in [0.25, 0.3) is 10.9 Å². The van der Waals surface area contributed by atoms with E-state index in [0.717, 1.165) is 0 Å². The van der Waals surface area contributed by atoms with Crippen LogP contribution in [-0.2, 0) is 0 Å². The Bertz CT molecular complexity index is 640. The van der Waals surface area contributed by atoms with E-state index in [0.29, 0.717) is 15.9 Å². The normalized spacial score (nSPS) is 10.2. The molecule has 3 nitrogen and oxygen atoms in total. The maximum absolute atomic E-state index is 11.3. The molecule has 0 fully saturated rings. The molecule has 1 N–H and O–H groups in total. The number of aromatic amines is 1. The van der Waals surface area contributed by atoms with Crippen molar-refractivity contribution in [2.75, 3.05) is 0 Å². The van der Waals surface area contributed by atoms with E-state index < -0.39 is 5.56 Å². The third kappa shape index (κ3) is 1.58. The predicted octanol–water partition coefficient (Wildman–Crippen LogP) is 2.71. The van der Waals surface area contributed by atoms with E-state index in [9.17, 15) is 4.79 Å². The van der Waals surface area contributed by atoms with Gasteiger partial charge in [0.25, 0.3) is 5.56 Å². The Morgan fingerprint density at radius 3 is 2.73 bits per heavy atom.